The Kier molecular flexibility index (Phi) is 5.23. The lowest BCUT2D eigenvalue weighted by Crippen LogP contribution is -2.03. The molecule has 2 nitrogen and oxygen atoms in total. The molecule has 1 aromatic rings. The minimum Gasteiger partial charge on any atom is -0.396 e. The van der Waals surface area contributed by atoms with Crippen LogP contribution >= 0.6 is 11.8 Å². The number of hydrogen-bond acceptors (Lipinski definition) is 3. The molecule has 0 bridgehead atoms. The van der Waals surface area contributed by atoms with Crippen LogP contribution in [0.15, 0.2) is 24.3 Å². The molecule has 1 unspecified atom stereocenters. The lowest BCUT2D eigenvalue weighted by atomic mass is 10.2. The number of benzene rings is 1. The summed E-state index contributed by atoms with van der Waals surface area (Å²) >= 11 is 1.79. The Bertz CT molecular complexity index is 346. The first kappa shape index (κ1) is 12.1. The van der Waals surface area contributed by atoms with Crippen molar-refractivity contribution < 1.29 is 5.11 Å². The van der Waals surface area contributed by atoms with Gasteiger partial charge in [-0.3, -0.25) is 0 Å². The molecule has 15 heavy (non-hydrogen) atoms. The van der Waals surface area contributed by atoms with Gasteiger partial charge in [0.2, 0.25) is 0 Å². The molecule has 3 heteroatoms. The van der Waals surface area contributed by atoms with Gasteiger partial charge in [0.25, 0.3) is 0 Å². The molecule has 0 heterocycles. The summed E-state index contributed by atoms with van der Waals surface area (Å²) in [5, 5.41) is 17.6. The summed E-state index contributed by atoms with van der Waals surface area (Å²) in [5.41, 5.74) is 1.88. The number of hydrogen-bond donors (Lipinski definition) is 1. The molecule has 80 valence electrons. The number of aliphatic hydroxyl groups excluding tert-OH is 1. The van der Waals surface area contributed by atoms with Crippen LogP contribution in [0.5, 0.6) is 0 Å². The summed E-state index contributed by atoms with van der Waals surface area (Å²) in [7, 11) is 0. The molecule has 0 aliphatic rings. The predicted molar refractivity (Wildman–Crippen MR) is 63.6 cm³/mol. The fraction of sp³-hybridized carbons (Fsp3) is 0.417. The molecule has 1 aromatic carbocycles. The molecule has 0 saturated carbocycles. The molecule has 0 aromatic heterocycles. The first-order valence-corrected chi connectivity index (χ1v) is 6.09. The van der Waals surface area contributed by atoms with Crippen LogP contribution in [0.25, 0.3) is 0 Å². The van der Waals surface area contributed by atoms with Crippen LogP contribution in [0.3, 0.4) is 0 Å². The molecule has 0 fully saturated rings. The number of rotatable bonds is 5. The minimum absolute atomic E-state index is 0.241. The maximum absolute atomic E-state index is 8.86. The highest BCUT2D eigenvalue weighted by atomic mass is 32.2. The largest absolute Gasteiger partial charge is 0.396 e. The van der Waals surface area contributed by atoms with Gasteiger partial charge in [-0.25, -0.2) is 0 Å². The van der Waals surface area contributed by atoms with E-state index >= 15 is 0 Å². The zero-order valence-corrected chi connectivity index (χ0v) is 9.63. The summed E-state index contributed by atoms with van der Waals surface area (Å²) in [6, 6.07) is 9.78. The lowest BCUT2D eigenvalue weighted by molar-refractivity contribution is 0.250. The smallest absolute Gasteiger partial charge is 0.0991 e. The van der Waals surface area contributed by atoms with Gasteiger partial charge < -0.3 is 5.11 Å². The van der Waals surface area contributed by atoms with Gasteiger partial charge in [-0.1, -0.05) is 19.1 Å². The molecule has 0 amide bonds. The molecule has 1 N–H and O–H groups in total. The van der Waals surface area contributed by atoms with E-state index in [1.807, 2.05) is 31.2 Å². The molecule has 0 spiro atoms. The van der Waals surface area contributed by atoms with Gasteiger partial charge in [-0.15, -0.1) is 0 Å². The third-order valence-electron chi connectivity index (χ3n) is 2.04. The first-order valence-electron chi connectivity index (χ1n) is 4.94. The lowest BCUT2D eigenvalue weighted by Gasteiger charge is -2.07. The maximum Gasteiger partial charge on any atom is 0.0991 e. The highest BCUT2D eigenvalue weighted by Crippen LogP contribution is 2.16. The predicted octanol–water partition coefficient (Wildman–Crippen LogP) is 2.42. The van der Waals surface area contributed by atoms with Gasteiger partial charge in [-0.2, -0.15) is 17.0 Å². The number of nitrogens with zero attached hydrogens (tertiary/aromatic N) is 1. The van der Waals surface area contributed by atoms with Crippen molar-refractivity contribution in [3.8, 4) is 6.07 Å². The van der Waals surface area contributed by atoms with Gasteiger partial charge in [0.15, 0.2) is 0 Å². The van der Waals surface area contributed by atoms with E-state index in [9.17, 15) is 0 Å². The van der Waals surface area contributed by atoms with Crippen LogP contribution in [0, 0.1) is 17.2 Å². The van der Waals surface area contributed by atoms with E-state index in [4.69, 9.17) is 10.4 Å². The average molecular weight is 221 g/mol. The van der Waals surface area contributed by atoms with Crippen molar-refractivity contribution >= 4 is 11.8 Å². The second-order valence-corrected chi connectivity index (χ2v) is 4.65. The minimum atomic E-state index is 0.241. The zero-order valence-electron chi connectivity index (χ0n) is 8.81. The first-order chi connectivity index (χ1) is 7.26. The third-order valence-corrected chi connectivity index (χ3v) is 3.38. The van der Waals surface area contributed by atoms with Gasteiger partial charge in [0, 0.05) is 12.4 Å². The fourth-order valence-electron chi connectivity index (χ4n) is 1.16. The van der Waals surface area contributed by atoms with Gasteiger partial charge in [0.1, 0.15) is 0 Å². The van der Waals surface area contributed by atoms with E-state index in [-0.39, 0.29) is 6.61 Å². The second-order valence-electron chi connectivity index (χ2n) is 3.62. The number of nitriles is 1. The Labute approximate surface area is 94.9 Å². The normalized spacial score (nSPS) is 12.1. The van der Waals surface area contributed by atoms with Crippen LogP contribution in [0.1, 0.15) is 18.1 Å². The Hall–Kier alpha value is -0.980. The molecule has 0 aliphatic heterocycles. The number of thioether (sulfide) groups is 1. The molecule has 1 rings (SSSR count). The van der Waals surface area contributed by atoms with Crippen molar-refractivity contribution in [2.75, 3.05) is 12.4 Å². The molecule has 1 atom stereocenters. The van der Waals surface area contributed by atoms with Crippen molar-refractivity contribution in [2.45, 2.75) is 12.7 Å². The average Bonchev–Trinajstić information content (AvgIpc) is 2.29. The molecular formula is C12H15NOS. The summed E-state index contributed by atoms with van der Waals surface area (Å²) < 4.78 is 0. The summed E-state index contributed by atoms with van der Waals surface area (Å²) in [6.07, 6.45) is 0. The summed E-state index contributed by atoms with van der Waals surface area (Å²) in [6.45, 7) is 2.27. The third kappa shape index (κ3) is 4.37. The quantitative estimate of drug-likeness (QED) is 0.830. The van der Waals surface area contributed by atoms with Crippen LogP contribution in [0.4, 0.5) is 0 Å². The fourth-order valence-corrected chi connectivity index (χ4v) is 2.20. The molecular weight excluding hydrogens is 206 g/mol. The van der Waals surface area contributed by atoms with Crippen molar-refractivity contribution in [1.29, 1.82) is 5.26 Å². The standard InChI is InChI=1S/C12H15NOS/c1-10(7-14)8-15-9-12-4-2-3-11(5-12)6-13/h2-5,10,14H,7-9H2,1H3. The van der Waals surface area contributed by atoms with Gasteiger partial charge in [-0.05, 0) is 29.4 Å². The Balaban J connectivity index is 2.41. The Morgan fingerprint density at radius 1 is 1.53 bits per heavy atom. The Morgan fingerprint density at radius 2 is 2.33 bits per heavy atom. The van der Waals surface area contributed by atoms with Crippen molar-refractivity contribution in [1.82, 2.24) is 0 Å². The second kappa shape index (κ2) is 6.49. The van der Waals surface area contributed by atoms with Crippen molar-refractivity contribution in [2.24, 2.45) is 5.92 Å². The van der Waals surface area contributed by atoms with Crippen LogP contribution < -0.4 is 0 Å². The van der Waals surface area contributed by atoms with Crippen molar-refractivity contribution in [3.05, 3.63) is 35.4 Å². The highest BCUT2D eigenvalue weighted by Gasteiger charge is 2.01. The van der Waals surface area contributed by atoms with E-state index in [2.05, 4.69) is 6.07 Å². The monoisotopic (exact) mass is 221 g/mol. The van der Waals surface area contributed by atoms with E-state index in [1.54, 1.807) is 11.8 Å². The van der Waals surface area contributed by atoms with E-state index in [1.165, 1.54) is 5.56 Å². The molecule has 0 radical (unpaired) electrons. The zero-order chi connectivity index (χ0) is 11.1. The maximum atomic E-state index is 8.86. The van der Waals surface area contributed by atoms with E-state index in [0.29, 0.717) is 11.5 Å². The van der Waals surface area contributed by atoms with Crippen LogP contribution in [0.2, 0.25) is 0 Å². The topological polar surface area (TPSA) is 44.0 Å². The van der Waals surface area contributed by atoms with E-state index < -0.39 is 0 Å². The van der Waals surface area contributed by atoms with Gasteiger partial charge in [0.05, 0.1) is 11.6 Å². The van der Waals surface area contributed by atoms with Crippen LogP contribution in [-0.4, -0.2) is 17.5 Å². The number of aliphatic hydroxyl groups is 1. The summed E-state index contributed by atoms with van der Waals surface area (Å²) in [5.74, 6) is 2.20. The Morgan fingerprint density at radius 3 is 3.00 bits per heavy atom. The summed E-state index contributed by atoms with van der Waals surface area (Å²) in [4.78, 5) is 0. The van der Waals surface area contributed by atoms with Gasteiger partial charge >= 0.3 is 0 Å². The van der Waals surface area contributed by atoms with E-state index in [0.717, 1.165) is 11.5 Å². The molecule has 0 saturated heterocycles. The van der Waals surface area contributed by atoms with Crippen LogP contribution in [-0.2, 0) is 5.75 Å². The van der Waals surface area contributed by atoms with Crippen molar-refractivity contribution in [3.63, 3.8) is 0 Å². The SMILES string of the molecule is CC(CO)CSCc1cccc(C#N)c1. The molecule has 0 aliphatic carbocycles. The highest BCUT2D eigenvalue weighted by molar-refractivity contribution is 7.98.